The maximum absolute atomic E-state index is 13.6. The third-order valence-electron chi connectivity index (χ3n) is 7.75. The molecule has 45 heavy (non-hydrogen) atoms. The van der Waals surface area contributed by atoms with Crippen molar-refractivity contribution in [1.82, 2.24) is 10.2 Å². The standard InChI is InChI=1S/C33H38N6O5S/c1-21(40)34-19-31(41)38-16-6-7-28(38)32(42)35-23-10-8-22(9-11-23)20-44-33(43)39-26-14-12-24(36(2)3)17-29(26)45-30-18-25(37(4)5)13-15-27(30)39/h8-15,17-18,28H,6-7,16,19-20H2,1-5H3,(H,34,40)(H,35,42)/t28-/m0/s1. The number of benzene rings is 3. The average Bonchev–Trinajstić information content (AvgIpc) is 3.52. The van der Waals surface area contributed by atoms with Crippen LogP contribution < -0.4 is 25.3 Å². The van der Waals surface area contributed by atoms with Crippen molar-refractivity contribution < 1.29 is 23.9 Å². The zero-order chi connectivity index (χ0) is 32.2. The Kier molecular flexibility index (Phi) is 9.52. The number of anilines is 5. The van der Waals surface area contributed by atoms with Crippen LogP contribution in [0.4, 0.5) is 33.2 Å². The molecule has 3 aromatic carbocycles. The minimum Gasteiger partial charge on any atom is -0.444 e. The maximum Gasteiger partial charge on any atom is 0.419 e. The van der Waals surface area contributed by atoms with Crippen molar-refractivity contribution in [2.24, 2.45) is 0 Å². The van der Waals surface area contributed by atoms with Crippen LogP contribution in [0.2, 0.25) is 0 Å². The van der Waals surface area contributed by atoms with Gasteiger partial charge in [0.25, 0.3) is 0 Å². The fraction of sp³-hybridized carbons (Fsp3) is 0.333. The second kappa shape index (κ2) is 13.5. The van der Waals surface area contributed by atoms with E-state index >= 15 is 0 Å². The molecular formula is C33H38N6O5S. The lowest BCUT2D eigenvalue weighted by Gasteiger charge is -2.32. The highest BCUT2D eigenvalue weighted by Gasteiger charge is 2.34. The third kappa shape index (κ3) is 7.17. The lowest BCUT2D eigenvalue weighted by molar-refractivity contribution is -0.136. The van der Waals surface area contributed by atoms with E-state index in [9.17, 15) is 19.2 Å². The Labute approximate surface area is 267 Å². The largest absolute Gasteiger partial charge is 0.444 e. The molecule has 0 aromatic heterocycles. The minimum absolute atomic E-state index is 0.0426. The van der Waals surface area contributed by atoms with E-state index in [2.05, 4.69) is 22.8 Å². The first-order valence-electron chi connectivity index (χ1n) is 14.7. The zero-order valence-electron chi connectivity index (χ0n) is 26.1. The molecule has 2 aliphatic rings. The van der Waals surface area contributed by atoms with Crippen molar-refractivity contribution in [2.75, 3.05) is 61.3 Å². The quantitative estimate of drug-likeness (QED) is 0.364. The monoisotopic (exact) mass is 630 g/mol. The van der Waals surface area contributed by atoms with Gasteiger partial charge in [0.2, 0.25) is 17.7 Å². The van der Waals surface area contributed by atoms with Crippen LogP contribution >= 0.6 is 11.8 Å². The second-order valence-electron chi connectivity index (χ2n) is 11.4. The van der Waals surface area contributed by atoms with E-state index in [1.807, 2.05) is 62.3 Å². The Bertz CT molecular complexity index is 1550. The summed E-state index contributed by atoms with van der Waals surface area (Å²) >= 11 is 1.63. The summed E-state index contributed by atoms with van der Waals surface area (Å²) in [4.78, 5) is 59.4. The average molecular weight is 631 g/mol. The van der Waals surface area contributed by atoms with E-state index in [4.69, 9.17) is 4.74 Å². The maximum atomic E-state index is 13.6. The number of likely N-dealkylation sites (tertiary alicyclic amines) is 1. The number of amides is 4. The van der Waals surface area contributed by atoms with Gasteiger partial charge in [0.1, 0.15) is 12.6 Å². The number of nitrogens with one attached hydrogen (secondary N) is 2. The number of hydrogen-bond acceptors (Lipinski definition) is 8. The van der Waals surface area contributed by atoms with Gasteiger partial charge in [-0.05, 0) is 66.9 Å². The molecule has 0 radical (unpaired) electrons. The summed E-state index contributed by atoms with van der Waals surface area (Å²) in [7, 11) is 7.93. The van der Waals surface area contributed by atoms with Gasteiger partial charge in [0, 0.05) is 68.5 Å². The number of carbonyl (C=O) groups excluding carboxylic acids is 4. The lowest BCUT2D eigenvalue weighted by atomic mass is 10.1. The van der Waals surface area contributed by atoms with Crippen molar-refractivity contribution in [2.45, 2.75) is 42.2 Å². The van der Waals surface area contributed by atoms with E-state index in [1.165, 1.54) is 11.8 Å². The molecule has 1 atom stereocenters. The van der Waals surface area contributed by atoms with Crippen molar-refractivity contribution >= 4 is 64.0 Å². The van der Waals surface area contributed by atoms with Gasteiger partial charge in [-0.15, -0.1) is 0 Å². The van der Waals surface area contributed by atoms with Crippen molar-refractivity contribution in [1.29, 1.82) is 0 Å². The van der Waals surface area contributed by atoms with E-state index in [0.29, 0.717) is 25.1 Å². The highest BCUT2D eigenvalue weighted by Crippen LogP contribution is 2.50. The molecule has 0 spiro atoms. The molecule has 1 fully saturated rings. The van der Waals surface area contributed by atoms with Crippen LogP contribution in [-0.4, -0.2) is 76.0 Å². The number of nitrogens with zero attached hydrogens (tertiary/aromatic N) is 4. The second-order valence-corrected chi connectivity index (χ2v) is 12.5. The van der Waals surface area contributed by atoms with Crippen LogP contribution in [0, 0.1) is 0 Å². The molecular weight excluding hydrogens is 592 g/mol. The van der Waals surface area contributed by atoms with Crippen LogP contribution in [-0.2, 0) is 25.7 Å². The van der Waals surface area contributed by atoms with Gasteiger partial charge >= 0.3 is 6.09 Å². The highest BCUT2D eigenvalue weighted by atomic mass is 32.2. The van der Waals surface area contributed by atoms with Gasteiger partial charge in [0.15, 0.2) is 0 Å². The topological polar surface area (TPSA) is 115 Å². The minimum atomic E-state index is -0.594. The summed E-state index contributed by atoms with van der Waals surface area (Å²) < 4.78 is 5.81. The molecule has 3 aromatic rings. The number of fused-ring (bicyclic) bond motifs is 2. The van der Waals surface area contributed by atoms with E-state index < -0.39 is 12.1 Å². The van der Waals surface area contributed by atoms with Crippen LogP contribution in [0.25, 0.3) is 0 Å². The van der Waals surface area contributed by atoms with Gasteiger partial charge in [-0.3, -0.25) is 14.4 Å². The number of rotatable bonds is 8. The van der Waals surface area contributed by atoms with Crippen LogP contribution in [0.15, 0.2) is 70.5 Å². The first-order chi connectivity index (χ1) is 21.5. The number of carbonyl (C=O) groups is 4. The Balaban J connectivity index is 1.25. The fourth-order valence-electron chi connectivity index (χ4n) is 5.30. The molecule has 2 N–H and O–H groups in total. The Morgan fingerprint density at radius 2 is 1.49 bits per heavy atom. The Morgan fingerprint density at radius 1 is 0.889 bits per heavy atom. The van der Waals surface area contributed by atoms with Gasteiger partial charge in [0.05, 0.1) is 17.9 Å². The van der Waals surface area contributed by atoms with Gasteiger partial charge in [-0.1, -0.05) is 23.9 Å². The molecule has 0 saturated carbocycles. The molecule has 11 nitrogen and oxygen atoms in total. The fourth-order valence-corrected chi connectivity index (χ4v) is 6.42. The zero-order valence-corrected chi connectivity index (χ0v) is 26.9. The van der Waals surface area contributed by atoms with Gasteiger partial charge in [-0.25, -0.2) is 9.69 Å². The van der Waals surface area contributed by atoms with Crippen molar-refractivity contribution in [3.8, 4) is 0 Å². The van der Waals surface area contributed by atoms with Crippen LogP contribution in [0.3, 0.4) is 0 Å². The Morgan fingerprint density at radius 3 is 2.04 bits per heavy atom. The Hall–Kier alpha value is -4.71. The summed E-state index contributed by atoms with van der Waals surface area (Å²) in [5.74, 6) is -0.858. The molecule has 2 heterocycles. The molecule has 0 aliphatic carbocycles. The first-order valence-corrected chi connectivity index (χ1v) is 15.5. The van der Waals surface area contributed by atoms with Gasteiger partial charge < -0.3 is 30.1 Å². The van der Waals surface area contributed by atoms with E-state index in [0.717, 1.165) is 38.1 Å². The molecule has 2 aliphatic heterocycles. The molecule has 1 saturated heterocycles. The summed E-state index contributed by atoms with van der Waals surface area (Å²) in [5.41, 5.74) is 4.91. The van der Waals surface area contributed by atoms with Crippen molar-refractivity contribution in [3.05, 3.63) is 66.2 Å². The molecule has 12 heteroatoms. The number of hydrogen-bond donors (Lipinski definition) is 2. The SMILES string of the molecule is CC(=O)NCC(=O)N1CCC[C@H]1C(=O)Nc1ccc(COC(=O)N2c3ccc(N(C)C)cc3Sc3cc(N(C)C)ccc32)cc1. The summed E-state index contributed by atoms with van der Waals surface area (Å²) in [6.07, 6.45) is 0.780. The highest BCUT2D eigenvalue weighted by molar-refractivity contribution is 7.99. The predicted molar refractivity (Wildman–Crippen MR) is 176 cm³/mol. The third-order valence-corrected chi connectivity index (χ3v) is 8.85. The molecule has 4 amide bonds. The predicted octanol–water partition coefficient (Wildman–Crippen LogP) is 4.82. The molecule has 5 rings (SSSR count). The van der Waals surface area contributed by atoms with Crippen LogP contribution in [0.5, 0.6) is 0 Å². The molecule has 0 bridgehead atoms. The van der Waals surface area contributed by atoms with E-state index in [-0.39, 0.29) is 30.9 Å². The van der Waals surface area contributed by atoms with Crippen LogP contribution in [0.1, 0.15) is 25.3 Å². The summed E-state index contributed by atoms with van der Waals surface area (Å²) in [6.45, 7) is 1.73. The van der Waals surface area contributed by atoms with Crippen molar-refractivity contribution in [3.63, 3.8) is 0 Å². The molecule has 236 valence electrons. The summed E-state index contributed by atoms with van der Waals surface area (Å²) in [5, 5.41) is 5.37. The van der Waals surface area contributed by atoms with Gasteiger partial charge in [-0.2, -0.15) is 0 Å². The first kappa shape index (κ1) is 31.7. The normalized spacial score (nSPS) is 15.1. The molecule has 0 unspecified atom stereocenters. The van der Waals surface area contributed by atoms with E-state index in [1.54, 1.807) is 40.9 Å². The number of ether oxygens (including phenoxy) is 1. The summed E-state index contributed by atoms with van der Waals surface area (Å²) in [6, 6.07) is 18.5. The lowest BCUT2D eigenvalue weighted by Crippen LogP contribution is -2.46. The smallest absolute Gasteiger partial charge is 0.419 e.